The highest BCUT2D eigenvalue weighted by molar-refractivity contribution is 9.11. The molecule has 3 rings (SSSR count). The lowest BCUT2D eigenvalue weighted by atomic mass is 10.1. The third-order valence-electron chi connectivity index (χ3n) is 4.35. The molecule has 7 heteroatoms. The van der Waals surface area contributed by atoms with Crippen LogP contribution >= 0.6 is 31.9 Å². The van der Waals surface area contributed by atoms with E-state index in [0.717, 1.165) is 14.5 Å². The smallest absolute Gasteiger partial charge is 0.262 e. The number of nitrogens with one attached hydrogen (secondary N) is 2. The summed E-state index contributed by atoms with van der Waals surface area (Å²) in [5.41, 5.74) is 1.82. The standard InChI is InChI=1S/C23H20Br2N2O3/c1-15(16-7-3-2-4-8-16)26-23(29)18-9-5-6-10-20(18)27-22(28)14-30-21-12-11-17(24)13-19(21)25/h2-13,15H,14H2,1H3,(H,26,29)(H,27,28). The number of hydrogen-bond acceptors (Lipinski definition) is 3. The van der Waals surface area contributed by atoms with E-state index < -0.39 is 0 Å². The highest BCUT2D eigenvalue weighted by atomic mass is 79.9. The lowest BCUT2D eigenvalue weighted by Gasteiger charge is -2.16. The quantitative estimate of drug-likeness (QED) is 0.409. The van der Waals surface area contributed by atoms with E-state index in [1.165, 1.54) is 0 Å². The molecule has 0 saturated carbocycles. The number of carbonyl (C=O) groups is 2. The van der Waals surface area contributed by atoms with Crippen LogP contribution in [0.1, 0.15) is 28.9 Å². The fraction of sp³-hybridized carbons (Fsp3) is 0.130. The molecule has 0 spiro atoms. The third kappa shape index (κ3) is 5.93. The van der Waals surface area contributed by atoms with Crippen molar-refractivity contribution in [2.24, 2.45) is 0 Å². The van der Waals surface area contributed by atoms with Crippen LogP contribution in [0.2, 0.25) is 0 Å². The van der Waals surface area contributed by atoms with E-state index in [-0.39, 0.29) is 24.5 Å². The highest BCUT2D eigenvalue weighted by Gasteiger charge is 2.16. The molecular formula is C23H20Br2N2O3. The molecule has 0 aliphatic carbocycles. The van der Waals surface area contributed by atoms with Gasteiger partial charge in [0.1, 0.15) is 5.75 Å². The van der Waals surface area contributed by atoms with Gasteiger partial charge in [-0.15, -0.1) is 0 Å². The van der Waals surface area contributed by atoms with Crippen molar-refractivity contribution in [1.82, 2.24) is 5.32 Å². The first-order valence-electron chi connectivity index (χ1n) is 9.26. The predicted octanol–water partition coefficient (Wildman–Crippen LogP) is 5.72. The normalized spacial score (nSPS) is 11.4. The molecule has 0 radical (unpaired) electrons. The molecule has 3 aromatic carbocycles. The molecule has 154 valence electrons. The average Bonchev–Trinajstić information content (AvgIpc) is 2.74. The molecule has 1 unspecified atom stereocenters. The number of benzene rings is 3. The van der Waals surface area contributed by atoms with Gasteiger partial charge in [-0.25, -0.2) is 0 Å². The Balaban J connectivity index is 1.64. The Kier molecular flexibility index (Phi) is 7.65. The van der Waals surface area contributed by atoms with Gasteiger partial charge in [0.25, 0.3) is 11.8 Å². The van der Waals surface area contributed by atoms with Crippen molar-refractivity contribution >= 4 is 49.4 Å². The number of para-hydroxylation sites is 1. The molecule has 0 fully saturated rings. The van der Waals surface area contributed by atoms with E-state index in [4.69, 9.17) is 4.74 Å². The van der Waals surface area contributed by atoms with Crippen LogP contribution in [0.5, 0.6) is 5.75 Å². The zero-order valence-electron chi connectivity index (χ0n) is 16.2. The molecule has 0 bridgehead atoms. The van der Waals surface area contributed by atoms with Gasteiger partial charge in [0, 0.05) is 4.47 Å². The summed E-state index contributed by atoms with van der Waals surface area (Å²) in [6, 6.07) is 21.8. The number of hydrogen-bond donors (Lipinski definition) is 2. The van der Waals surface area contributed by atoms with Crippen LogP contribution in [0, 0.1) is 0 Å². The van der Waals surface area contributed by atoms with Gasteiger partial charge >= 0.3 is 0 Å². The first-order chi connectivity index (χ1) is 14.4. The first kappa shape index (κ1) is 22.1. The van der Waals surface area contributed by atoms with Crippen LogP contribution in [0.4, 0.5) is 5.69 Å². The summed E-state index contributed by atoms with van der Waals surface area (Å²) >= 11 is 6.77. The maximum Gasteiger partial charge on any atom is 0.262 e. The molecule has 2 amide bonds. The summed E-state index contributed by atoms with van der Waals surface area (Å²) in [5.74, 6) is -0.0731. The van der Waals surface area contributed by atoms with E-state index >= 15 is 0 Å². The van der Waals surface area contributed by atoms with Crippen molar-refractivity contribution in [2.45, 2.75) is 13.0 Å². The van der Waals surface area contributed by atoms with Crippen LogP contribution < -0.4 is 15.4 Å². The molecule has 0 saturated heterocycles. The monoisotopic (exact) mass is 530 g/mol. The van der Waals surface area contributed by atoms with Crippen molar-refractivity contribution in [2.75, 3.05) is 11.9 Å². The Morgan fingerprint density at radius 1 is 0.967 bits per heavy atom. The van der Waals surface area contributed by atoms with Gasteiger partial charge in [-0.2, -0.15) is 0 Å². The van der Waals surface area contributed by atoms with Gasteiger partial charge in [0.2, 0.25) is 0 Å². The topological polar surface area (TPSA) is 67.4 Å². The predicted molar refractivity (Wildman–Crippen MR) is 125 cm³/mol. The molecule has 3 aromatic rings. The summed E-state index contributed by atoms with van der Waals surface area (Å²) in [6.07, 6.45) is 0. The molecule has 0 heterocycles. The minimum atomic E-state index is -0.360. The minimum Gasteiger partial charge on any atom is -0.483 e. The van der Waals surface area contributed by atoms with Crippen LogP contribution in [-0.4, -0.2) is 18.4 Å². The molecule has 30 heavy (non-hydrogen) atoms. The van der Waals surface area contributed by atoms with E-state index in [1.807, 2.05) is 49.4 Å². The van der Waals surface area contributed by atoms with Crippen molar-refractivity contribution in [3.8, 4) is 5.75 Å². The molecule has 0 aromatic heterocycles. The third-order valence-corrected chi connectivity index (χ3v) is 5.46. The molecule has 0 aliphatic rings. The van der Waals surface area contributed by atoms with Crippen LogP contribution in [0.25, 0.3) is 0 Å². The molecule has 5 nitrogen and oxygen atoms in total. The van der Waals surface area contributed by atoms with Gasteiger partial charge in [-0.05, 0) is 58.7 Å². The largest absolute Gasteiger partial charge is 0.483 e. The highest BCUT2D eigenvalue weighted by Crippen LogP contribution is 2.28. The van der Waals surface area contributed by atoms with Crippen molar-refractivity contribution in [1.29, 1.82) is 0 Å². The minimum absolute atomic E-state index is 0.166. The average molecular weight is 532 g/mol. The van der Waals surface area contributed by atoms with Gasteiger partial charge in [-0.3, -0.25) is 9.59 Å². The summed E-state index contributed by atoms with van der Waals surface area (Å²) in [7, 11) is 0. The summed E-state index contributed by atoms with van der Waals surface area (Å²) in [4.78, 5) is 25.2. The number of rotatable bonds is 7. The Bertz CT molecular complexity index is 1040. The lowest BCUT2D eigenvalue weighted by Crippen LogP contribution is -2.28. The number of anilines is 1. The Morgan fingerprint density at radius 3 is 2.40 bits per heavy atom. The summed E-state index contributed by atoms with van der Waals surface area (Å²) in [6.45, 7) is 1.73. The maximum absolute atomic E-state index is 12.8. The molecular weight excluding hydrogens is 512 g/mol. The number of carbonyl (C=O) groups excluding carboxylic acids is 2. The van der Waals surface area contributed by atoms with E-state index in [2.05, 4.69) is 42.5 Å². The molecule has 2 N–H and O–H groups in total. The van der Waals surface area contributed by atoms with Crippen molar-refractivity contribution < 1.29 is 14.3 Å². The van der Waals surface area contributed by atoms with E-state index in [0.29, 0.717) is 17.0 Å². The van der Waals surface area contributed by atoms with Crippen molar-refractivity contribution in [3.05, 3.63) is 92.9 Å². The second-order valence-corrected chi connectivity index (χ2v) is 8.33. The lowest BCUT2D eigenvalue weighted by molar-refractivity contribution is -0.118. The summed E-state index contributed by atoms with van der Waals surface area (Å²) in [5, 5.41) is 5.72. The SMILES string of the molecule is CC(NC(=O)c1ccccc1NC(=O)COc1ccc(Br)cc1Br)c1ccccc1. The summed E-state index contributed by atoms with van der Waals surface area (Å²) < 4.78 is 7.20. The van der Waals surface area contributed by atoms with Gasteiger partial charge in [-0.1, -0.05) is 58.4 Å². The van der Waals surface area contributed by atoms with Crippen LogP contribution in [-0.2, 0) is 4.79 Å². The molecule has 1 atom stereocenters. The van der Waals surface area contributed by atoms with Gasteiger partial charge in [0.05, 0.1) is 21.8 Å². The van der Waals surface area contributed by atoms with Crippen LogP contribution in [0.15, 0.2) is 81.7 Å². The van der Waals surface area contributed by atoms with E-state index in [1.54, 1.807) is 30.3 Å². The Labute approximate surface area is 192 Å². The van der Waals surface area contributed by atoms with E-state index in [9.17, 15) is 9.59 Å². The second kappa shape index (κ2) is 10.4. The Morgan fingerprint density at radius 2 is 1.67 bits per heavy atom. The fourth-order valence-corrected chi connectivity index (χ4v) is 3.97. The van der Waals surface area contributed by atoms with Gasteiger partial charge in [0.15, 0.2) is 6.61 Å². The number of amides is 2. The maximum atomic E-state index is 12.8. The Hall–Kier alpha value is -2.64. The number of ether oxygens (including phenoxy) is 1. The zero-order chi connectivity index (χ0) is 21.5. The first-order valence-corrected chi connectivity index (χ1v) is 10.8. The zero-order valence-corrected chi connectivity index (χ0v) is 19.4. The van der Waals surface area contributed by atoms with Crippen molar-refractivity contribution in [3.63, 3.8) is 0 Å². The molecule has 0 aliphatic heterocycles. The van der Waals surface area contributed by atoms with Crippen LogP contribution in [0.3, 0.4) is 0 Å². The fourth-order valence-electron chi connectivity index (χ4n) is 2.81. The number of halogens is 2. The van der Waals surface area contributed by atoms with Gasteiger partial charge < -0.3 is 15.4 Å². The second-order valence-electron chi connectivity index (χ2n) is 6.56.